The number of carbonyl (C=O) groups excluding carboxylic acids is 1. The molecule has 5 N–H and O–H groups in total. The lowest BCUT2D eigenvalue weighted by atomic mass is 9.36. The van der Waals surface area contributed by atoms with Gasteiger partial charge >= 0.3 is 11.9 Å². The number of aliphatic hydroxyl groups excluding tert-OH is 3. The second-order valence-corrected chi connectivity index (χ2v) is 14.5. The van der Waals surface area contributed by atoms with E-state index in [0.717, 1.165) is 19.3 Å². The van der Waals surface area contributed by atoms with Gasteiger partial charge in [-0.1, -0.05) is 27.7 Å². The molecule has 4 fully saturated rings. The Morgan fingerprint density at radius 2 is 1.72 bits per heavy atom. The van der Waals surface area contributed by atoms with Gasteiger partial charge in [-0.05, 0) is 111 Å². The fraction of sp³-hybridized carbons (Fsp3) is 0.871. The monoisotopic (exact) mass is 550 g/mol. The van der Waals surface area contributed by atoms with Gasteiger partial charge in [0.25, 0.3) is 0 Å². The summed E-state index contributed by atoms with van der Waals surface area (Å²) in [5, 5.41) is 53.6. The van der Waals surface area contributed by atoms with E-state index in [1.807, 2.05) is 0 Å². The molecular formula is C31H50O8. The zero-order valence-electron chi connectivity index (χ0n) is 24.7. The minimum absolute atomic E-state index is 0.0194. The number of hydrogen-bond acceptors (Lipinski definition) is 7. The summed E-state index contributed by atoms with van der Waals surface area (Å²) in [6.45, 7) is 13.2. The highest BCUT2D eigenvalue weighted by atomic mass is 16.5. The summed E-state index contributed by atoms with van der Waals surface area (Å²) in [5.41, 5.74) is -1.62. The highest BCUT2D eigenvalue weighted by molar-refractivity contribution is 5.88. The number of rotatable bonds is 6. The molecule has 4 rings (SSSR count). The van der Waals surface area contributed by atoms with Gasteiger partial charge in [0.15, 0.2) is 0 Å². The first-order chi connectivity index (χ1) is 17.9. The van der Waals surface area contributed by atoms with Gasteiger partial charge in [0.05, 0.1) is 23.9 Å². The fourth-order valence-corrected chi connectivity index (χ4v) is 9.92. The molecular weight excluding hydrogens is 500 g/mol. The Morgan fingerprint density at radius 1 is 1.08 bits per heavy atom. The molecule has 0 aromatic heterocycles. The van der Waals surface area contributed by atoms with Crippen molar-refractivity contribution in [3.63, 3.8) is 0 Å². The van der Waals surface area contributed by atoms with Crippen LogP contribution >= 0.6 is 0 Å². The molecule has 0 heterocycles. The smallest absolute Gasteiger partial charge is 0.331 e. The normalized spacial score (nSPS) is 46.0. The zero-order chi connectivity index (χ0) is 29.3. The molecule has 4 aliphatic rings. The highest BCUT2D eigenvalue weighted by Crippen LogP contribution is 2.74. The predicted octanol–water partition coefficient (Wildman–Crippen LogP) is 3.83. The van der Waals surface area contributed by atoms with Crippen LogP contribution in [0, 0.1) is 39.9 Å². The molecule has 0 aromatic rings. The number of fused-ring (bicyclic) bond motifs is 5. The van der Waals surface area contributed by atoms with Gasteiger partial charge < -0.3 is 30.3 Å². The van der Waals surface area contributed by atoms with E-state index in [2.05, 4.69) is 27.7 Å². The predicted molar refractivity (Wildman–Crippen MR) is 145 cm³/mol. The Morgan fingerprint density at radius 3 is 2.28 bits per heavy atom. The number of ether oxygens (including phenoxy) is 1. The summed E-state index contributed by atoms with van der Waals surface area (Å²) >= 11 is 0. The summed E-state index contributed by atoms with van der Waals surface area (Å²) in [6, 6.07) is 0. The molecule has 222 valence electrons. The molecule has 8 heteroatoms. The second-order valence-electron chi connectivity index (χ2n) is 14.5. The molecule has 0 spiro atoms. The summed E-state index contributed by atoms with van der Waals surface area (Å²) in [6.07, 6.45) is 1.43. The van der Waals surface area contributed by atoms with Gasteiger partial charge in [0, 0.05) is 12.5 Å². The largest absolute Gasteiger partial charge is 0.478 e. The van der Waals surface area contributed by atoms with Gasteiger partial charge in [-0.3, -0.25) is 4.79 Å². The third-order valence-electron chi connectivity index (χ3n) is 12.1. The van der Waals surface area contributed by atoms with E-state index in [1.54, 1.807) is 0 Å². The Labute approximate surface area is 232 Å². The van der Waals surface area contributed by atoms with Crippen molar-refractivity contribution in [1.82, 2.24) is 0 Å². The van der Waals surface area contributed by atoms with Crippen molar-refractivity contribution >= 4 is 11.9 Å². The van der Waals surface area contributed by atoms with Crippen LogP contribution in [0.3, 0.4) is 0 Å². The van der Waals surface area contributed by atoms with E-state index in [0.29, 0.717) is 30.8 Å². The van der Waals surface area contributed by atoms with Gasteiger partial charge in [-0.25, -0.2) is 4.79 Å². The molecule has 0 aliphatic heterocycles. The standard InChI is InChI=1S/C31H50O8/c1-16-19-10-13-30(6)26(29(19,5)12-11-21(16)33)22(34)14-20-25(23(39-17(2)32)15-31(20,30)7)18(27(36)37)8-9-24(35)28(3,4)38/h16,19-24,26,33-35,38H,8-15H2,1-7H3,(H,36,37). The number of aliphatic carboxylic acids is 1. The van der Waals surface area contributed by atoms with Gasteiger partial charge in [0.2, 0.25) is 0 Å². The van der Waals surface area contributed by atoms with Crippen LogP contribution in [-0.4, -0.2) is 67.5 Å². The molecule has 8 nitrogen and oxygen atoms in total. The van der Waals surface area contributed by atoms with Crippen molar-refractivity contribution in [3.05, 3.63) is 11.1 Å². The Bertz CT molecular complexity index is 1010. The van der Waals surface area contributed by atoms with E-state index in [9.17, 15) is 35.1 Å². The van der Waals surface area contributed by atoms with E-state index in [-0.39, 0.29) is 53.1 Å². The van der Waals surface area contributed by atoms with Crippen LogP contribution in [0.4, 0.5) is 0 Å². The maximum absolute atomic E-state index is 12.7. The number of carboxylic acid groups (broad SMARTS) is 1. The summed E-state index contributed by atoms with van der Waals surface area (Å²) in [4.78, 5) is 24.9. The maximum atomic E-state index is 12.7. The second kappa shape index (κ2) is 10.1. The lowest BCUT2D eigenvalue weighted by Gasteiger charge is -2.69. The Balaban J connectivity index is 1.80. The highest BCUT2D eigenvalue weighted by Gasteiger charge is 2.70. The number of aliphatic hydroxyl groups is 4. The molecule has 0 bridgehead atoms. The van der Waals surface area contributed by atoms with Crippen molar-refractivity contribution in [2.24, 2.45) is 39.9 Å². The fourth-order valence-electron chi connectivity index (χ4n) is 9.92. The van der Waals surface area contributed by atoms with Crippen molar-refractivity contribution in [3.8, 4) is 0 Å². The molecule has 11 unspecified atom stereocenters. The van der Waals surface area contributed by atoms with Crippen molar-refractivity contribution in [2.45, 2.75) is 130 Å². The molecule has 0 radical (unpaired) electrons. The lowest BCUT2D eigenvalue weighted by molar-refractivity contribution is -0.234. The van der Waals surface area contributed by atoms with E-state index < -0.39 is 41.3 Å². The summed E-state index contributed by atoms with van der Waals surface area (Å²) < 4.78 is 5.82. The lowest BCUT2D eigenvalue weighted by Crippen LogP contribution is -2.65. The minimum Gasteiger partial charge on any atom is -0.478 e. The van der Waals surface area contributed by atoms with Crippen LogP contribution in [0.25, 0.3) is 0 Å². The third kappa shape index (κ3) is 4.77. The van der Waals surface area contributed by atoms with Crippen molar-refractivity contribution in [2.75, 3.05) is 0 Å². The van der Waals surface area contributed by atoms with Crippen LogP contribution in [0.15, 0.2) is 11.1 Å². The Hall–Kier alpha value is -1.48. The van der Waals surface area contributed by atoms with E-state index in [4.69, 9.17) is 4.74 Å². The number of esters is 1. The van der Waals surface area contributed by atoms with E-state index >= 15 is 0 Å². The van der Waals surface area contributed by atoms with Gasteiger partial charge in [-0.15, -0.1) is 0 Å². The first kappa shape index (κ1) is 30.5. The molecule has 4 aliphatic carbocycles. The number of carbonyl (C=O) groups is 2. The third-order valence-corrected chi connectivity index (χ3v) is 12.1. The van der Waals surface area contributed by atoms with E-state index in [1.165, 1.54) is 20.8 Å². The maximum Gasteiger partial charge on any atom is 0.331 e. The van der Waals surface area contributed by atoms with Gasteiger partial charge in [0.1, 0.15) is 6.10 Å². The molecule has 0 saturated heterocycles. The topological polar surface area (TPSA) is 145 Å². The average Bonchev–Trinajstić information content (AvgIpc) is 3.07. The first-order valence-corrected chi connectivity index (χ1v) is 14.8. The Kier molecular flexibility index (Phi) is 7.90. The van der Waals surface area contributed by atoms with Crippen LogP contribution in [0.5, 0.6) is 0 Å². The van der Waals surface area contributed by atoms with Crippen LogP contribution < -0.4 is 0 Å². The van der Waals surface area contributed by atoms with Gasteiger partial charge in [-0.2, -0.15) is 0 Å². The van der Waals surface area contributed by atoms with Crippen molar-refractivity contribution < 1.29 is 39.9 Å². The summed E-state index contributed by atoms with van der Waals surface area (Å²) in [7, 11) is 0. The van der Waals surface area contributed by atoms with Crippen molar-refractivity contribution in [1.29, 1.82) is 0 Å². The zero-order valence-corrected chi connectivity index (χ0v) is 24.7. The summed E-state index contributed by atoms with van der Waals surface area (Å²) in [5.74, 6) is -1.47. The SMILES string of the molecule is CC(=O)OC1CC2(C)C(CC(O)C3C4(C)CCC(O)C(C)C4CCC32C)C1=C(CCC(O)C(C)(C)O)C(=O)O. The first-order valence-electron chi connectivity index (χ1n) is 14.8. The van der Waals surface area contributed by atoms with Crippen LogP contribution in [0.1, 0.15) is 99.8 Å². The minimum atomic E-state index is -1.38. The molecule has 0 amide bonds. The van der Waals surface area contributed by atoms with Crippen LogP contribution in [-0.2, 0) is 14.3 Å². The number of hydrogen-bond donors (Lipinski definition) is 5. The number of carboxylic acids is 1. The average molecular weight is 551 g/mol. The molecule has 11 atom stereocenters. The van der Waals surface area contributed by atoms with Crippen LogP contribution in [0.2, 0.25) is 0 Å². The molecule has 39 heavy (non-hydrogen) atoms. The quantitative estimate of drug-likeness (QED) is 0.248. The molecule has 4 saturated carbocycles. The molecule has 0 aromatic carbocycles.